The summed E-state index contributed by atoms with van der Waals surface area (Å²) in [5.41, 5.74) is 3.65. The number of carbonyl (C=O) groups is 2. The molecule has 156 valence electrons. The number of ether oxygens (including phenoxy) is 2. The summed E-state index contributed by atoms with van der Waals surface area (Å²) < 4.78 is 10.7. The molecule has 0 aliphatic rings. The molecule has 0 aliphatic carbocycles. The monoisotopic (exact) mass is 406 g/mol. The summed E-state index contributed by atoms with van der Waals surface area (Å²) in [5.74, 6) is -0.111. The second kappa shape index (κ2) is 9.39. The van der Waals surface area contributed by atoms with Crippen molar-refractivity contribution < 1.29 is 19.1 Å². The van der Waals surface area contributed by atoms with Crippen LogP contribution in [-0.4, -0.2) is 42.5 Å². The van der Waals surface area contributed by atoms with Gasteiger partial charge in [-0.15, -0.1) is 0 Å². The highest BCUT2D eigenvalue weighted by molar-refractivity contribution is 5.99. The van der Waals surface area contributed by atoms with Gasteiger partial charge in [0.1, 0.15) is 5.75 Å². The molecule has 0 saturated heterocycles. The Kier molecular flexibility index (Phi) is 6.67. The predicted molar refractivity (Wildman–Crippen MR) is 116 cm³/mol. The van der Waals surface area contributed by atoms with Crippen molar-refractivity contribution in [1.82, 2.24) is 9.88 Å². The lowest BCUT2D eigenvalue weighted by molar-refractivity contribution is -0.133. The van der Waals surface area contributed by atoms with Crippen LogP contribution in [0, 0.1) is 6.92 Å². The van der Waals surface area contributed by atoms with Crippen LogP contribution in [-0.2, 0) is 22.5 Å². The van der Waals surface area contributed by atoms with Crippen LogP contribution in [0.3, 0.4) is 0 Å². The van der Waals surface area contributed by atoms with E-state index in [1.807, 2.05) is 62.4 Å². The molecule has 6 heteroatoms. The number of aryl methyl sites for hydroxylation is 2. The highest BCUT2D eigenvalue weighted by Crippen LogP contribution is 2.24. The van der Waals surface area contributed by atoms with E-state index in [0.717, 1.165) is 22.0 Å². The topological polar surface area (TPSA) is 68.7 Å². The lowest BCUT2D eigenvalue weighted by atomic mass is 10.0. The molecule has 1 amide bonds. The van der Waals surface area contributed by atoms with Crippen molar-refractivity contribution in [3.63, 3.8) is 0 Å². The highest BCUT2D eigenvalue weighted by atomic mass is 16.5. The summed E-state index contributed by atoms with van der Waals surface area (Å²) in [6.07, 6.45) is 0.595. The van der Waals surface area contributed by atoms with E-state index < -0.39 is 5.97 Å². The minimum atomic E-state index is -0.526. The fourth-order valence-corrected chi connectivity index (χ4v) is 3.45. The molecule has 6 nitrogen and oxygen atoms in total. The maximum Gasteiger partial charge on any atom is 0.340 e. The molecule has 1 aromatic heterocycles. The summed E-state index contributed by atoms with van der Waals surface area (Å²) in [7, 11) is 3.26. The number of hydrogen-bond acceptors (Lipinski definition) is 5. The van der Waals surface area contributed by atoms with Crippen LogP contribution >= 0.6 is 0 Å². The number of esters is 1. The Morgan fingerprint density at radius 3 is 2.50 bits per heavy atom. The van der Waals surface area contributed by atoms with Gasteiger partial charge in [-0.25, -0.2) is 4.79 Å². The van der Waals surface area contributed by atoms with Gasteiger partial charge in [-0.1, -0.05) is 43.3 Å². The van der Waals surface area contributed by atoms with Crippen molar-refractivity contribution in [3.8, 4) is 5.75 Å². The van der Waals surface area contributed by atoms with E-state index in [9.17, 15) is 9.59 Å². The smallest absolute Gasteiger partial charge is 0.340 e. The molecule has 30 heavy (non-hydrogen) atoms. The van der Waals surface area contributed by atoms with Gasteiger partial charge in [0.15, 0.2) is 6.61 Å². The average Bonchev–Trinajstić information content (AvgIpc) is 2.77. The van der Waals surface area contributed by atoms with Gasteiger partial charge in [-0.3, -0.25) is 9.78 Å². The Bertz CT molecular complexity index is 1080. The third-order valence-electron chi connectivity index (χ3n) is 5.12. The molecule has 0 bridgehead atoms. The number of methoxy groups -OCH3 is 1. The van der Waals surface area contributed by atoms with Crippen LogP contribution < -0.4 is 4.74 Å². The minimum Gasteiger partial charge on any atom is -0.496 e. The van der Waals surface area contributed by atoms with Gasteiger partial charge in [0.05, 0.1) is 23.9 Å². The van der Waals surface area contributed by atoms with Gasteiger partial charge in [0.2, 0.25) is 0 Å². The molecule has 0 atom stereocenters. The number of likely N-dealkylation sites (N-methyl/N-ethyl adjacent to an activating group) is 1. The summed E-state index contributed by atoms with van der Waals surface area (Å²) in [6, 6.07) is 15.2. The Hall–Kier alpha value is -3.41. The first-order chi connectivity index (χ1) is 14.5. The fourth-order valence-electron chi connectivity index (χ4n) is 3.45. The average molecular weight is 406 g/mol. The van der Waals surface area contributed by atoms with Gasteiger partial charge < -0.3 is 14.4 Å². The number of aromatic nitrogens is 1. The number of pyridine rings is 1. The zero-order valence-corrected chi connectivity index (χ0v) is 17.8. The first kappa shape index (κ1) is 21.3. The molecule has 0 aliphatic heterocycles. The number of carbonyl (C=O) groups excluding carboxylic acids is 2. The molecule has 0 fully saturated rings. The fraction of sp³-hybridized carbons (Fsp3) is 0.292. The van der Waals surface area contributed by atoms with Gasteiger partial charge in [0, 0.05) is 24.5 Å². The Morgan fingerprint density at radius 1 is 1.07 bits per heavy atom. The number of rotatable bonds is 7. The first-order valence-electron chi connectivity index (χ1n) is 9.87. The van der Waals surface area contributed by atoms with E-state index in [1.165, 1.54) is 4.90 Å². The van der Waals surface area contributed by atoms with E-state index in [-0.39, 0.29) is 12.5 Å². The molecule has 3 rings (SSSR count). The highest BCUT2D eigenvalue weighted by Gasteiger charge is 2.21. The first-order valence-corrected chi connectivity index (χ1v) is 9.87. The Morgan fingerprint density at radius 2 is 1.77 bits per heavy atom. The van der Waals surface area contributed by atoms with Gasteiger partial charge in [-0.05, 0) is 31.0 Å². The van der Waals surface area contributed by atoms with E-state index in [2.05, 4.69) is 4.98 Å². The molecule has 1 heterocycles. The van der Waals surface area contributed by atoms with Crippen LogP contribution in [0.5, 0.6) is 5.75 Å². The van der Waals surface area contributed by atoms with Crippen LogP contribution in [0.4, 0.5) is 0 Å². The largest absolute Gasteiger partial charge is 0.496 e. The summed E-state index contributed by atoms with van der Waals surface area (Å²) in [5, 5.41) is 0.904. The van der Waals surface area contributed by atoms with Crippen molar-refractivity contribution in [2.45, 2.75) is 26.8 Å². The summed E-state index contributed by atoms with van der Waals surface area (Å²) >= 11 is 0. The number of para-hydroxylation sites is 2. The zero-order valence-electron chi connectivity index (χ0n) is 17.8. The van der Waals surface area contributed by atoms with Crippen LogP contribution in [0.2, 0.25) is 0 Å². The summed E-state index contributed by atoms with van der Waals surface area (Å²) in [6.45, 7) is 3.85. The number of benzene rings is 2. The number of nitrogens with zero attached hydrogens (tertiary/aromatic N) is 2. The molecular formula is C24H26N2O4. The maximum absolute atomic E-state index is 12.8. The quantitative estimate of drug-likeness (QED) is 0.556. The molecule has 0 N–H and O–H groups in total. The van der Waals surface area contributed by atoms with Crippen molar-refractivity contribution in [2.75, 3.05) is 20.8 Å². The SMILES string of the molecule is CCc1nc2ccccc2c(C)c1C(=O)OCC(=O)N(C)Cc1ccccc1OC. The lowest BCUT2D eigenvalue weighted by Gasteiger charge is -2.19. The summed E-state index contributed by atoms with van der Waals surface area (Å²) in [4.78, 5) is 31.5. The van der Waals surface area contributed by atoms with Gasteiger partial charge >= 0.3 is 5.97 Å². The van der Waals surface area contributed by atoms with Gasteiger partial charge in [0.25, 0.3) is 5.91 Å². The zero-order chi connectivity index (χ0) is 21.7. The van der Waals surface area contributed by atoms with E-state index in [1.54, 1.807) is 14.2 Å². The maximum atomic E-state index is 12.8. The Balaban J connectivity index is 1.72. The van der Waals surface area contributed by atoms with Crippen LogP contribution in [0.25, 0.3) is 10.9 Å². The normalized spacial score (nSPS) is 10.7. The molecule has 0 spiro atoms. The van der Waals surface area contributed by atoms with E-state index in [0.29, 0.717) is 30.0 Å². The van der Waals surface area contributed by atoms with Crippen molar-refractivity contribution >= 4 is 22.8 Å². The molecule has 2 aromatic carbocycles. The standard InChI is InChI=1S/C24H26N2O4/c1-5-19-23(16(2)18-11-7-8-12-20(18)25-19)24(28)30-15-22(27)26(3)14-17-10-6-9-13-21(17)29-4/h6-13H,5,14-15H2,1-4H3. The van der Waals surface area contributed by atoms with Crippen LogP contribution in [0.1, 0.15) is 34.1 Å². The molecule has 3 aromatic rings. The predicted octanol–water partition coefficient (Wildman–Crippen LogP) is 3.93. The van der Waals surface area contributed by atoms with Crippen molar-refractivity contribution in [3.05, 3.63) is 70.9 Å². The number of hydrogen-bond donors (Lipinski definition) is 0. The molecule has 0 saturated carbocycles. The molecule has 0 radical (unpaired) electrons. The van der Waals surface area contributed by atoms with E-state index in [4.69, 9.17) is 9.47 Å². The third kappa shape index (κ3) is 4.43. The second-order valence-corrected chi connectivity index (χ2v) is 7.07. The number of fused-ring (bicyclic) bond motifs is 1. The lowest BCUT2D eigenvalue weighted by Crippen LogP contribution is -2.31. The van der Waals surface area contributed by atoms with Crippen LogP contribution in [0.15, 0.2) is 48.5 Å². The third-order valence-corrected chi connectivity index (χ3v) is 5.12. The Labute approximate surface area is 176 Å². The molecular weight excluding hydrogens is 380 g/mol. The number of amides is 1. The van der Waals surface area contributed by atoms with Gasteiger partial charge in [-0.2, -0.15) is 0 Å². The van der Waals surface area contributed by atoms with E-state index >= 15 is 0 Å². The van der Waals surface area contributed by atoms with Crippen molar-refractivity contribution in [1.29, 1.82) is 0 Å². The second-order valence-electron chi connectivity index (χ2n) is 7.07. The molecule has 0 unspecified atom stereocenters. The minimum absolute atomic E-state index is 0.293. The van der Waals surface area contributed by atoms with Crippen molar-refractivity contribution in [2.24, 2.45) is 0 Å².